The third-order valence-corrected chi connectivity index (χ3v) is 5.84. The lowest BCUT2D eigenvalue weighted by molar-refractivity contribution is -0.116. The predicted molar refractivity (Wildman–Crippen MR) is 108 cm³/mol. The Kier molecular flexibility index (Phi) is 4.80. The Bertz CT molecular complexity index is 1010. The van der Waals surface area contributed by atoms with Gasteiger partial charge in [0.05, 0.1) is 10.8 Å². The van der Waals surface area contributed by atoms with E-state index < -0.39 is 0 Å². The van der Waals surface area contributed by atoms with Gasteiger partial charge in [-0.05, 0) is 37.1 Å². The fourth-order valence-corrected chi connectivity index (χ4v) is 4.28. The summed E-state index contributed by atoms with van der Waals surface area (Å²) in [4.78, 5) is 14.7. The molecule has 0 saturated heterocycles. The number of halogens is 1. The highest BCUT2D eigenvalue weighted by atomic mass is 35.5. The van der Waals surface area contributed by atoms with Gasteiger partial charge in [0.15, 0.2) is 5.82 Å². The lowest BCUT2D eigenvalue weighted by Crippen LogP contribution is -2.37. The maximum atomic E-state index is 12.8. The van der Waals surface area contributed by atoms with Gasteiger partial charge in [-0.15, -0.1) is 10.2 Å². The first kappa shape index (κ1) is 17.9. The molecule has 6 nitrogen and oxygen atoms in total. The van der Waals surface area contributed by atoms with E-state index in [1.165, 1.54) is 22.0 Å². The van der Waals surface area contributed by atoms with Gasteiger partial charge in [-0.25, -0.2) is 4.68 Å². The van der Waals surface area contributed by atoms with Crippen LogP contribution in [-0.4, -0.2) is 32.6 Å². The fourth-order valence-electron chi connectivity index (χ4n) is 3.34. The van der Waals surface area contributed by atoms with E-state index in [-0.39, 0.29) is 17.7 Å². The number of benzene rings is 2. The monoisotopic (exact) mass is 399 g/mol. The zero-order valence-corrected chi connectivity index (χ0v) is 16.2. The van der Waals surface area contributed by atoms with Crippen LogP contribution in [0.15, 0.2) is 53.7 Å². The average molecular weight is 400 g/mol. The molecule has 0 bridgehead atoms. The minimum atomic E-state index is 0.0275. The predicted octanol–water partition coefficient (Wildman–Crippen LogP) is 3.38. The molecule has 0 fully saturated rings. The van der Waals surface area contributed by atoms with E-state index in [2.05, 4.69) is 23.2 Å². The zero-order valence-electron chi connectivity index (χ0n) is 14.7. The molecule has 2 heterocycles. The van der Waals surface area contributed by atoms with E-state index >= 15 is 0 Å². The van der Waals surface area contributed by atoms with Gasteiger partial charge in [0.1, 0.15) is 0 Å². The molecule has 0 spiro atoms. The second-order valence-corrected chi connectivity index (χ2v) is 7.74. The molecule has 1 amide bonds. The first-order chi connectivity index (χ1) is 13.1. The van der Waals surface area contributed by atoms with Gasteiger partial charge < -0.3 is 10.7 Å². The van der Waals surface area contributed by atoms with Gasteiger partial charge in [0, 0.05) is 17.3 Å². The van der Waals surface area contributed by atoms with Crippen LogP contribution >= 0.6 is 23.4 Å². The van der Waals surface area contributed by atoms with Gasteiger partial charge in [-0.2, -0.15) is 0 Å². The maximum absolute atomic E-state index is 12.8. The van der Waals surface area contributed by atoms with Crippen molar-refractivity contribution in [2.24, 2.45) is 0 Å². The molecule has 1 atom stereocenters. The van der Waals surface area contributed by atoms with E-state index in [0.717, 1.165) is 12.1 Å². The number of anilines is 1. The summed E-state index contributed by atoms with van der Waals surface area (Å²) in [6.07, 6.45) is 0.871. The highest BCUT2D eigenvalue weighted by Gasteiger charge is 2.30. The van der Waals surface area contributed by atoms with Crippen molar-refractivity contribution in [2.75, 3.05) is 16.5 Å². The minimum absolute atomic E-state index is 0.0275. The molecule has 0 saturated carbocycles. The lowest BCUT2D eigenvalue weighted by Gasteiger charge is -2.22. The zero-order chi connectivity index (χ0) is 19.0. The summed E-state index contributed by atoms with van der Waals surface area (Å²) in [6.45, 7) is 2.06. The Morgan fingerprint density at radius 1 is 1.22 bits per heavy atom. The standard InChI is InChI=1S/C19H18ClN5OS/c1-12-10-13-6-2-5-9-16(13)24(12)17(26)11-27-19-23-22-18(25(19)21)14-7-3-4-8-15(14)20/h2-9,12H,10-11,21H2,1H3/t12-/m1/s1. The first-order valence-corrected chi connectivity index (χ1v) is 9.90. The molecule has 138 valence electrons. The van der Waals surface area contributed by atoms with Crippen LogP contribution in [0.5, 0.6) is 0 Å². The number of nitrogen functional groups attached to an aromatic ring is 1. The van der Waals surface area contributed by atoms with Crippen molar-refractivity contribution in [1.82, 2.24) is 14.9 Å². The Balaban J connectivity index is 1.50. The fraction of sp³-hybridized carbons (Fsp3) is 0.211. The Hall–Kier alpha value is -2.51. The number of para-hydroxylation sites is 1. The molecule has 3 aromatic rings. The van der Waals surface area contributed by atoms with Gasteiger partial charge in [-0.3, -0.25) is 4.79 Å². The SMILES string of the molecule is C[C@@H]1Cc2ccccc2N1C(=O)CSc1nnc(-c2ccccc2Cl)n1N. The van der Waals surface area contributed by atoms with Crippen molar-refractivity contribution in [2.45, 2.75) is 24.5 Å². The molecule has 0 radical (unpaired) electrons. The number of carbonyl (C=O) groups is 1. The molecular weight excluding hydrogens is 382 g/mol. The molecule has 2 N–H and O–H groups in total. The Labute approximate surface area is 166 Å². The van der Waals surface area contributed by atoms with Crippen molar-refractivity contribution in [3.8, 4) is 11.4 Å². The molecule has 1 aliphatic rings. The highest BCUT2D eigenvalue weighted by molar-refractivity contribution is 7.99. The van der Waals surface area contributed by atoms with Crippen LogP contribution in [0.4, 0.5) is 5.69 Å². The van der Waals surface area contributed by atoms with Crippen LogP contribution in [0.2, 0.25) is 5.02 Å². The largest absolute Gasteiger partial charge is 0.335 e. The quantitative estimate of drug-likeness (QED) is 0.537. The number of carbonyl (C=O) groups excluding carboxylic acids is 1. The van der Waals surface area contributed by atoms with E-state index in [9.17, 15) is 4.79 Å². The number of hydrogen-bond acceptors (Lipinski definition) is 5. The normalized spacial score (nSPS) is 15.8. The third-order valence-electron chi connectivity index (χ3n) is 4.58. The second-order valence-electron chi connectivity index (χ2n) is 6.39. The molecule has 2 aromatic carbocycles. The smallest absolute Gasteiger partial charge is 0.237 e. The number of aromatic nitrogens is 3. The van der Waals surface area contributed by atoms with E-state index in [0.29, 0.717) is 21.6 Å². The number of hydrogen-bond donors (Lipinski definition) is 1. The van der Waals surface area contributed by atoms with Crippen molar-refractivity contribution in [1.29, 1.82) is 0 Å². The molecule has 27 heavy (non-hydrogen) atoms. The Morgan fingerprint density at radius 3 is 2.78 bits per heavy atom. The molecule has 8 heteroatoms. The third kappa shape index (κ3) is 3.28. The van der Waals surface area contributed by atoms with Gasteiger partial charge >= 0.3 is 0 Å². The van der Waals surface area contributed by atoms with Gasteiger partial charge in [0.25, 0.3) is 0 Å². The molecular formula is C19H18ClN5OS. The molecule has 0 unspecified atom stereocenters. The van der Waals surface area contributed by atoms with E-state index in [4.69, 9.17) is 17.4 Å². The number of thioether (sulfide) groups is 1. The summed E-state index contributed by atoms with van der Waals surface area (Å²) in [6, 6.07) is 15.5. The highest BCUT2D eigenvalue weighted by Crippen LogP contribution is 2.33. The molecule has 0 aliphatic carbocycles. The van der Waals surface area contributed by atoms with Gasteiger partial charge in [0.2, 0.25) is 11.1 Å². The summed E-state index contributed by atoms with van der Waals surface area (Å²) in [5.74, 6) is 6.86. The van der Waals surface area contributed by atoms with Crippen LogP contribution in [0.3, 0.4) is 0 Å². The van der Waals surface area contributed by atoms with Crippen molar-refractivity contribution in [3.63, 3.8) is 0 Å². The minimum Gasteiger partial charge on any atom is -0.335 e. The molecule has 1 aliphatic heterocycles. The molecule has 4 rings (SSSR count). The summed E-state index contributed by atoms with van der Waals surface area (Å²) >= 11 is 7.48. The van der Waals surface area contributed by atoms with Crippen LogP contribution < -0.4 is 10.7 Å². The number of nitrogens with two attached hydrogens (primary N) is 1. The number of rotatable bonds is 4. The summed E-state index contributed by atoms with van der Waals surface area (Å²) < 4.78 is 1.38. The first-order valence-electron chi connectivity index (χ1n) is 8.54. The maximum Gasteiger partial charge on any atom is 0.237 e. The summed E-state index contributed by atoms with van der Waals surface area (Å²) in [5.41, 5.74) is 2.89. The molecule has 1 aromatic heterocycles. The average Bonchev–Trinajstić information content (AvgIpc) is 3.19. The van der Waals surface area contributed by atoms with Crippen LogP contribution in [0, 0.1) is 0 Å². The van der Waals surface area contributed by atoms with E-state index in [1.54, 1.807) is 6.07 Å². The van der Waals surface area contributed by atoms with E-state index in [1.807, 2.05) is 41.3 Å². The van der Waals surface area contributed by atoms with Gasteiger partial charge in [-0.1, -0.05) is 53.7 Å². The van der Waals surface area contributed by atoms with Crippen molar-refractivity contribution in [3.05, 3.63) is 59.1 Å². The number of amides is 1. The summed E-state index contributed by atoms with van der Waals surface area (Å²) in [5, 5.41) is 9.27. The van der Waals surface area contributed by atoms with Crippen LogP contribution in [-0.2, 0) is 11.2 Å². The topological polar surface area (TPSA) is 77.0 Å². The lowest BCUT2D eigenvalue weighted by atomic mass is 10.1. The van der Waals surface area contributed by atoms with Crippen molar-refractivity contribution >= 4 is 35.0 Å². The Morgan fingerprint density at radius 2 is 1.96 bits per heavy atom. The van der Waals surface area contributed by atoms with Crippen LogP contribution in [0.1, 0.15) is 12.5 Å². The number of nitrogens with zero attached hydrogens (tertiary/aromatic N) is 4. The van der Waals surface area contributed by atoms with Crippen molar-refractivity contribution < 1.29 is 4.79 Å². The van der Waals surface area contributed by atoms with Crippen LogP contribution in [0.25, 0.3) is 11.4 Å². The number of fused-ring (bicyclic) bond motifs is 1. The second kappa shape index (κ2) is 7.25. The summed E-state index contributed by atoms with van der Waals surface area (Å²) in [7, 11) is 0.